The number of sulfone groups is 1. The smallest absolute Gasteiger partial charge is 0.258 e. The minimum absolute atomic E-state index is 0.0983. The predicted molar refractivity (Wildman–Crippen MR) is 115 cm³/mol. The van der Waals surface area contributed by atoms with Crippen molar-refractivity contribution in [1.82, 2.24) is 0 Å². The van der Waals surface area contributed by atoms with E-state index in [0.29, 0.717) is 22.6 Å². The number of para-hydroxylation sites is 2. The molecule has 8 nitrogen and oxygen atoms in total. The molecule has 1 aliphatic heterocycles. The van der Waals surface area contributed by atoms with Gasteiger partial charge >= 0.3 is 0 Å². The van der Waals surface area contributed by atoms with Crippen molar-refractivity contribution < 1.29 is 22.8 Å². The number of carbonyl (C=O) groups excluding carboxylic acids is 3. The Morgan fingerprint density at radius 3 is 2.30 bits per heavy atom. The molecule has 1 heterocycles. The Hall–Kier alpha value is -3.20. The second kappa shape index (κ2) is 8.27. The number of nitrogens with zero attached hydrogens (tertiary/aromatic N) is 1. The van der Waals surface area contributed by atoms with E-state index in [2.05, 4.69) is 10.6 Å². The van der Waals surface area contributed by atoms with Gasteiger partial charge in [-0.3, -0.25) is 19.3 Å². The van der Waals surface area contributed by atoms with Crippen molar-refractivity contribution in [1.29, 1.82) is 0 Å². The quantitative estimate of drug-likeness (QED) is 0.758. The summed E-state index contributed by atoms with van der Waals surface area (Å²) in [6.07, 6.45) is 0. The van der Waals surface area contributed by atoms with E-state index in [0.717, 1.165) is 0 Å². The molecule has 0 fully saturated rings. The Bertz CT molecular complexity index is 1090. The largest absolute Gasteiger partial charge is 0.325 e. The fourth-order valence-corrected chi connectivity index (χ4v) is 4.24. The summed E-state index contributed by atoms with van der Waals surface area (Å²) in [5, 5.41) is 3.44. The van der Waals surface area contributed by atoms with Gasteiger partial charge in [0.25, 0.3) is 5.91 Å². The van der Waals surface area contributed by atoms with E-state index in [9.17, 15) is 22.8 Å². The number of nitrogens with one attached hydrogen (secondary N) is 2. The predicted octanol–water partition coefficient (Wildman–Crippen LogP) is 2.44. The van der Waals surface area contributed by atoms with E-state index < -0.39 is 26.2 Å². The average Bonchev–Trinajstić information content (AvgIpc) is 2.72. The molecule has 0 aromatic heterocycles. The van der Waals surface area contributed by atoms with Gasteiger partial charge in [-0.1, -0.05) is 12.1 Å². The van der Waals surface area contributed by atoms with E-state index in [1.165, 1.54) is 49.9 Å². The van der Waals surface area contributed by atoms with E-state index in [1.54, 1.807) is 24.3 Å². The number of amides is 3. The molecule has 3 rings (SSSR count). The minimum atomic E-state index is -3.58. The van der Waals surface area contributed by atoms with Crippen LogP contribution in [0.25, 0.3) is 0 Å². The molecule has 0 spiro atoms. The molecular weight excluding hydrogens is 406 g/mol. The molecule has 0 bridgehead atoms. The maximum Gasteiger partial charge on any atom is 0.258 e. The van der Waals surface area contributed by atoms with Gasteiger partial charge in [0.05, 0.1) is 16.6 Å². The normalized spacial score (nSPS) is 14.7. The van der Waals surface area contributed by atoms with Gasteiger partial charge in [-0.15, -0.1) is 0 Å². The first-order valence-corrected chi connectivity index (χ1v) is 11.1. The van der Waals surface area contributed by atoms with Gasteiger partial charge in [-0.2, -0.15) is 0 Å². The molecule has 1 aliphatic rings. The van der Waals surface area contributed by atoms with Gasteiger partial charge in [0.15, 0.2) is 9.84 Å². The molecular formula is C21H23N3O5S. The third-order valence-electron chi connectivity index (χ3n) is 4.93. The van der Waals surface area contributed by atoms with Crippen LogP contribution in [0, 0.1) is 0 Å². The van der Waals surface area contributed by atoms with Crippen LogP contribution >= 0.6 is 0 Å². The van der Waals surface area contributed by atoms with Gasteiger partial charge in [0.1, 0.15) is 11.8 Å². The number of rotatable bonds is 5. The SMILES string of the molecule is CC(C)S(=O)(=O)C(C)C(=O)Nc1ccc(C(=O)N2CC(=O)Nc3ccccc32)cc1. The first-order valence-electron chi connectivity index (χ1n) is 9.45. The monoisotopic (exact) mass is 429 g/mol. The Labute approximate surface area is 175 Å². The second-order valence-corrected chi connectivity index (χ2v) is 10.1. The van der Waals surface area contributed by atoms with Gasteiger partial charge < -0.3 is 10.6 Å². The van der Waals surface area contributed by atoms with Gasteiger partial charge in [0.2, 0.25) is 11.8 Å². The first-order chi connectivity index (χ1) is 14.1. The maximum atomic E-state index is 12.9. The summed E-state index contributed by atoms with van der Waals surface area (Å²) in [4.78, 5) is 38.6. The Morgan fingerprint density at radius 2 is 1.67 bits per heavy atom. The Morgan fingerprint density at radius 1 is 1.03 bits per heavy atom. The molecule has 9 heteroatoms. The van der Waals surface area contributed by atoms with Crippen LogP contribution in [-0.4, -0.2) is 43.2 Å². The van der Waals surface area contributed by atoms with Crippen molar-refractivity contribution >= 4 is 44.6 Å². The van der Waals surface area contributed by atoms with Crippen molar-refractivity contribution in [3.8, 4) is 0 Å². The van der Waals surface area contributed by atoms with Crippen molar-refractivity contribution in [3.63, 3.8) is 0 Å². The molecule has 0 saturated heterocycles. The van der Waals surface area contributed by atoms with Crippen LogP contribution in [-0.2, 0) is 19.4 Å². The van der Waals surface area contributed by atoms with Crippen LogP contribution < -0.4 is 15.5 Å². The molecule has 158 valence electrons. The van der Waals surface area contributed by atoms with E-state index in [4.69, 9.17) is 0 Å². The summed E-state index contributed by atoms with van der Waals surface area (Å²) in [5.41, 5.74) is 1.87. The second-order valence-electron chi connectivity index (χ2n) is 7.30. The fourth-order valence-electron chi connectivity index (χ4n) is 3.07. The van der Waals surface area contributed by atoms with E-state index in [1.807, 2.05) is 0 Å². The van der Waals surface area contributed by atoms with Crippen LogP contribution in [0.5, 0.6) is 0 Å². The third kappa shape index (κ3) is 4.20. The van der Waals surface area contributed by atoms with Crippen molar-refractivity contribution in [2.75, 3.05) is 22.1 Å². The van der Waals surface area contributed by atoms with Crippen molar-refractivity contribution in [2.45, 2.75) is 31.3 Å². The number of hydrogen-bond acceptors (Lipinski definition) is 5. The summed E-state index contributed by atoms with van der Waals surface area (Å²) in [6.45, 7) is 4.30. The van der Waals surface area contributed by atoms with Crippen LogP contribution in [0.3, 0.4) is 0 Å². The Balaban J connectivity index is 1.76. The molecule has 0 saturated carbocycles. The highest BCUT2D eigenvalue weighted by atomic mass is 32.2. The topological polar surface area (TPSA) is 113 Å². The molecule has 30 heavy (non-hydrogen) atoms. The van der Waals surface area contributed by atoms with Gasteiger partial charge in [-0.05, 0) is 57.2 Å². The lowest BCUT2D eigenvalue weighted by molar-refractivity contribution is -0.116. The molecule has 1 unspecified atom stereocenters. The molecule has 0 aliphatic carbocycles. The number of hydrogen-bond donors (Lipinski definition) is 2. The van der Waals surface area contributed by atoms with Gasteiger partial charge in [-0.25, -0.2) is 8.42 Å². The highest BCUT2D eigenvalue weighted by Crippen LogP contribution is 2.30. The lowest BCUT2D eigenvalue weighted by Gasteiger charge is -2.29. The molecule has 3 amide bonds. The summed E-state index contributed by atoms with van der Waals surface area (Å²) >= 11 is 0. The van der Waals surface area contributed by atoms with Crippen LogP contribution in [0.1, 0.15) is 31.1 Å². The zero-order chi connectivity index (χ0) is 22.1. The van der Waals surface area contributed by atoms with Crippen molar-refractivity contribution in [3.05, 3.63) is 54.1 Å². The standard InChI is InChI=1S/C21H23N3O5S/c1-13(2)30(28,29)14(3)20(26)22-16-10-8-15(9-11-16)21(27)24-12-19(25)23-17-6-4-5-7-18(17)24/h4-11,13-14H,12H2,1-3H3,(H,22,26)(H,23,25). The summed E-state index contributed by atoms with van der Waals surface area (Å²) in [6, 6.07) is 13.1. The summed E-state index contributed by atoms with van der Waals surface area (Å²) < 4.78 is 24.3. The first kappa shape index (κ1) is 21.5. The zero-order valence-corrected chi connectivity index (χ0v) is 17.7. The number of anilines is 3. The summed E-state index contributed by atoms with van der Waals surface area (Å²) in [5.74, 6) is -1.28. The lowest BCUT2D eigenvalue weighted by atomic mass is 10.1. The fraction of sp³-hybridized carbons (Fsp3) is 0.286. The van der Waals surface area contributed by atoms with Crippen LogP contribution in [0.2, 0.25) is 0 Å². The lowest BCUT2D eigenvalue weighted by Crippen LogP contribution is -2.42. The molecule has 1 atom stereocenters. The minimum Gasteiger partial charge on any atom is -0.325 e. The zero-order valence-electron chi connectivity index (χ0n) is 16.9. The maximum absolute atomic E-state index is 12.9. The van der Waals surface area contributed by atoms with E-state index >= 15 is 0 Å². The molecule has 2 aromatic carbocycles. The highest BCUT2D eigenvalue weighted by molar-refractivity contribution is 7.93. The molecule has 2 N–H and O–H groups in total. The third-order valence-corrected chi connectivity index (χ3v) is 7.45. The van der Waals surface area contributed by atoms with Crippen molar-refractivity contribution in [2.24, 2.45) is 0 Å². The van der Waals surface area contributed by atoms with E-state index in [-0.39, 0.29) is 18.4 Å². The number of fused-ring (bicyclic) bond motifs is 1. The number of carbonyl (C=O) groups is 3. The number of benzene rings is 2. The summed E-state index contributed by atoms with van der Waals surface area (Å²) in [7, 11) is -3.58. The molecule has 2 aromatic rings. The van der Waals surface area contributed by atoms with Crippen LogP contribution in [0.15, 0.2) is 48.5 Å². The van der Waals surface area contributed by atoms with Gasteiger partial charge in [0, 0.05) is 11.3 Å². The average molecular weight is 429 g/mol. The highest BCUT2D eigenvalue weighted by Gasteiger charge is 2.31. The Kier molecular flexibility index (Phi) is 5.93. The molecule has 0 radical (unpaired) electrons. The van der Waals surface area contributed by atoms with Crippen LogP contribution in [0.4, 0.5) is 17.1 Å².